The number of carbonyl (C=O) groups is 6. The van der Waals surface area contributed by atoms with E-state index in [9.17, 15) is 47.2 Å². The number of benzene rings is 3. The zero-order valence-corrected chi connectivity index (χ0v) is 32.1. The third kappa shape index (κ3) is 14.3. The molecule has 4 N–H and O–H groups in total. The Hall–Kier alpha value is -6.44. The number of esters is 1. The van der Waals surface area contributed by atoms with E-state index in [0.717, 1.165) is 0 Å². The van der Waals surface area contributed by atoms with Gasteiger partial charge in [0.1, 0.15) is 35.7 Å². The number of amides is 4. The lowest BCUT2D eigenvalue weighted by molar-refractivity contribution is -0.175. The smallest absolute Gasteiger partial charge is 0.452 e. The molecule has 3 aromatic rings. The Kier molecular flexibility index (Phi) is 15.7. The molecule has 304 valence electrons. The Morgan fingerprint density at radius 3 is 2.09 bits per heavy atom. The fraction of sp³-hybridized carbons (Fsp3) is 0.375. The van der Waals surface area contributed by atoms with Crippen LogP contribution in [0, 0.1) is 17.2 Å². The zero-order valence-electron chi connectivity index (χ0n) is 32.1. The summed E-state index contributed by atoms with van der Waals surface area (Å²) in [4.78, 5) is 77.9. The third-order valence-corrected chi connectivity index (χ3v) is 7.96. The molecule has 17 heteroatoms. The van der Waals surface area contributed by atoms with Gasteiger partial charge < -0.3 is 35.5 Å². The van der Waals surface area contributed by atoms with Crippen LogP contribution in [0.3, 0.4) is 0 Å². The van der Waals surface area contributed by atoms with Crippen LogP contribution < -0.4 is 30.7 Å². The molecule has 0 radical (unpaired) electrons. The molecular formula is C40H44F3N5O9. The Morgan fingerprint density at radius 2 is 1.49 bits per heavy atom. The van der Waals surface area contributed by atoms with Crippen molar-refractivity contribution in [1.29, 1.82) is 5.26 Å². The molecule has 57 heavy (non-hydrogen) atoms. The van der Waals surface area contributed by atoms with E-state index in [2.05, 4.69) is 21.3 Å². The summed E-state index contributed by atoms with van der Waals surface area (Å²) in [5.41, 5.74) is 0.0399. The van der Waals surface area contributed by atoms with Gasteiger partial charge in [-0.1, -0.05) is 44.2 Å². The van der Waals surface area contributed by atoms with Crippen molar-refractivity contribution in [3.8, 4) is 17.6 Å². The molecule has 0 heterocycles. The molecule has 0 saturated carbocycles. The first-order valence-corrected chi connectivity index (χ1v) is 17.6. The first-order chi connectivity index (χ1) is 26.7. The minimum absolute atomic E-state index is 0.0138. The highest BCUT2D eigenvalue weighted by Crippen LogP contribution is 2.24. The van der Waals surface area contributed by atoms with E-state index in [1.54, 1.807) is 32.9 Å². The maximum atomic E-state index is 14.1. The number of rotatable bonds is 17. The van der Waals surface area contributed by atoms with Crippen LogP contribution in [0.2, 0.25) is 0 Å². The van der Waals surface area contributed by atoms with Gasteiger partial charge in [0, 0.05) is 12.0 Å². The molecule has 0 spiro atoms. The first-order valence-electron chi connectivity index (χ1n) is 17.6. The molecule has 4 amide bonds. The largest absolute Gasteiger partial charge is 0.497 e. The van der Waals surface area contributed by atoms with Gasteiger partial charge in [-0.05, 0) is 80.3 Å². The number of ketones is 1. The fourth-order valence-corrected chi connectivity index (χ4v) is 5.22. The quantitative estimate of drug-likeness (QED) is 0.145. The molecule has 0 aliphatic rings. The van der Waals surface area contributed by atoms with Crippen LogP contribution in [0.25, 0.3) is 0 Å². The van der Waals surface area contributed by atoms with Gasteiger partial charge in [-0.2, -0.15) is 18.4 Å². The second-order valence-electron chi connectivity index (χ2n) is 14.0. The number of nitrogens with one attached hydrogen (secondary N) is 4. The molecule has 0 aliphatic heterocycles. The van der Waals surface area contributed by atoms with Crippen LogP contribution in [0.15, 0.2) is 72.8 Å². The maximum absolute atomic E-state index is 14.1. The van der Waals surface area contributed by atoms with Crippen molar-refractivity contribution in [2.45, 2.75) is 70.9 Å². The zero-order chi connectivity index (χ0) is 42.5. The summed E-state index contributed by atoms with van der Waals surface area (Å²) in [7, 11) is 1.39. The predicted octanol–water partition coefficient (Wildman–Crippen LogP) is 3.87. The van der Waals surface area contributed by atoms with Gasteiger partial charge in [0.15, 0.2) is 6.61 Å². The Bertz CT molecular complexity index is 1970. The van der Waals surface area contributed by atoms with Gasteiger partial charge in [0.25, 0.3) is 17.6 Å². The lowest BCUT2D eigenvalue weighted by Gasteiger charge is -2.27. The highest BCUT2D eigenvalue weighted by atomic mass is 19.4. The molecule has 14 nitrogen and oxygen atoms in total. The molecule has 0 aromatic heterocycles. The second kappa shape index (κ2) is 19.9. The lowest BCUT2D eigenvalue weighted by Crippen LogP contribution is -2.55. The number of methoxy groups -OCH3 is 1. The van der Waals surface area contributed by atoms with E-state index in [4.69, 9.17) is 14.2 Å². The normalized spacial score (nSPS) is 12.9. The molecule has 3 unspecified atom stereocenters. The van der Waals surface area contributed by atoms with E-state index in [0.29, 0.717) is 11.3 Å². The van der Waals surface area contributed by atoms with E-state index in [1.165, 1.54) is 81.6 Å². The molecule has 3 aromatic carbocycles. The number of Topliss-reactive ketones (excluding diaryl/α,β-unsaturated/α-hetero) is 1. The molecule has 0 aliphatic carbocycles. The number of nitrogens with zero attached hydrogens (tertiary/aromatic N) is 1. The van der Waals surface area contributed by atoms with Crippen LogP contribution in [0.4, 0.5) is 13.2 Å². The minimum Gasteiger partial charge on any atom is -0.497 e. The van der Waals surface area contributed by atoms with E-state index < -0.39 is 84.4 Å². The van der Waals surface area contributed by atoms with Crippen LogP contribution in [-0.2, 0) is 35.1 Å². The standard InChI is InChI=1S/C40H44F3N5O9/c1-23(2)33(35(51)40(41,42)43)47-38(54)34(26-13-15-28(55-6)16-14-26)48-37(53)30(18-24-9-7-10-25(17-24)20-44)46-36(52)27-11-8-12-29(19-27)56-22-31(49)45-21-32(50)57-39(3,4)5/h7-17,19,23,30,33-34H,18,21-22H2,1-6H3,(H,45,49)(H,46,52)(H,47,54)(H,48,53). The lowest BCUT2D eigenvalue weighted by atomic mass is 9.97. The van der Waals surface area contributed by atoms with Crippen LogP contribution >= 0.6 is 0 Å². The fourth-order valence-electron chi connectivity index (χ4n) is 5.22. The van der Waals surface area contributed by atoms with Gasteiger partial charge in [-0.15, -0.1) is 0 Å². The Morgan fingerprint density at radius 1 is 0.825 bits per heavy atom. The number of nitriles is 1. The van der Waals surface area contributed by atoms with Crippen molar-refractivity contribution in [3.05, 3.63) is 95.1 Å². The van der Waals surface area contributed by atoms with Crippen molar-refractivity contribution < 1.29 is 56.1 Å². The van der Waals surface area contributed by atoms with E-state index in [1.807, 2.05) is 6.07 Å². The number of halogens is 3. The second-order valence-corrected chi connectivity index (χ2v) is 14.0. The number of hydrogen-bond donors (Lipinski definition) is 4. The van der Waals surface area contributed by atoms with Crippen LogP contribution in [-0.4, -0.2) is 79.5 Å². The average molecular weight is 796 g/mol. The molecular weight excluding hydrogens is 751 g/mol. The highest BCUT2D eigenvalue weighted by molar-refractivity contribution is 5.99. The summed E-state index contributed by atoms with van der Waals surface area (Å²) in [6.45, 7) is 6.75. The van der Waals surface area contributed by atoms with Crippen molar-refractivity contribution in [3.63, 3.8) is 0 Å². The molecule has 3 rings (SSSR count). The first kappa shape index (κ1) is 45.0. The van der Waals surface area contributed by atoms with E-state index in [-0.39, 0.29) is 28.9 Å². The van der Waals surface area contributed by atoms with Gasteiger partial charge in [-0.3, -0.25) is 28.8 Å². The molecule has 0 fully saturated rings. The SMILES string of the molecule is COc1ccc(C(NC(=O)C(Cc2cccc(C#N)c2)NC(=O)c2cccc(OCC(=O)NCC(=O)OC(C)(C)C)c2)C(=O)NC(C(=O)C(F)(F)F)C(C)C)cc1. The minimum atomic E-state index is -5.26. The summed E-state index contributed by atoms with van der Waals surface area (Å²) >= 11 is 0. The monoisotopic (exact) mass is 795 g/mol. The topological polar surface area (TPSA) is 202 Å². The maximum Gasteiger partial charge on any atom is 0.452 e. The van der Waals surface area contributed by atoms with Gasteiger partial charge in [0.05, 0.1) is 24.8 Å². The predicted molar refractivity (Wildman–Crippen MR) is 199 cm³/mol. The van der Waals surface area contributed by atoms with Crippen LogP contribution in [0.5, 0.6) is 11.5 Å². The van der Waals surface area contributed by atoms with Gasteiger partial charge >= 0.3 is 12.1 Å². The van der Waals surface area contributed by atoms with Crippen molar-refractivity contribution in [2.24, 2.45) is 5.92 Å². The molecule has 0 bridgehead atoms. The van der Waals surface area contributed by atoms with E-state index >= 15 is 0 Å². The summed E-state index contributed by atoms with van der Waals surface area (Å²) in [6, 6.07) is 14.4. The Balaban J connectivity index is 1.89. The summed E-state index contributed by atoms with van der Waals surface area (Å²) in [6.07, 6.45) is -5.47. The Labute approximate surface area is 327 Å². The highest BCUT2D eigenvalue weighted by Gasteiger charge is 2.45. The molecule has 3 atom stereocenters. The van der Waals surface area contributed by atoms with Crippen molar-refractivity contribution in [1.82, 2.24) is 21.3 Å². The van der Waals surface area contributed by atoms with Crippen molar-refractivity contribution in [2.75, 3.05) is 20.3 Å². The number of carbonyl (C=O) groups excluding carboxylic acids is 6. The summed E-state index contributed by atoms with van der Waals surface area (Å²) < 4.78 is 56.2. The van der Waals surface area contributed by atoms with Crippen LogP contribution in [0.1, 0.15) is 67.7 Å². The number of ether oxygens (including phenoxy) is 3. The summed E-state index contributed by atoms with van der Waals surface area (Å²) in [5, 5.41) is 19.0. The summed E-state index contributed by atoms with van der Waals surface area (Å²) in [5.74, 6) is -6.90. The van der Waals surface area contributed by atoms with Crippen molar-refractivity contribution >= 4 is 35.4 Å². The third-order valence-electron chi connectivity index (χ3n) is 7.96. The average Bonchev–Trinajstić information content (AvgIpc) is 3.15. The van der Waals surface area contributed by atoms with Gasteiger partial charge in [0.2, 0.25) is 11.8 Å². The molecule has 0 saturated heterocycles. The number of hydrogen-bond acceptors (Lipinski definition) is 10. The van der Waals surface area contributed by atoms with Gasteiger partial charge in [-0.25, -0.2) is 0 Å². The number of alkyl halides is 3.